The topological polar surface area (TPSA) is 90.7 Å². The lowest BCUT2D eigenvalue weighted by Crippen LogP contribution is -2.32. The van der Waals surface area contributed by atoms with E-state index in [2.05, 4.69) is 5.32 Å². The number of amides is 1. The second-order valence-corrected chi connectivity index (χ2v) is 5.25. The lowest BCUT2D eigenvalue weighted by Gasteiger charge is -2.09. The zero-order chi connectivity index (χ0) is 18.2. The normalized spacial score (nSPS) is 10.2. The molecule has 0 fully saturated rings. The van der Waals surface area contributed by atoms with E-state index in [-0.39, 0.29) is 18.9 Å². The molecule has 1 N–H and O–H groups in total. The third-order valence-corrected chi connectivity index (χ3v) is 3.24. The van der Waals surface area contributed by atoms with E-state index in [1.165, 1.54) is 0 Å². The van der Waals surface area contributed by atoms with Gasteiger partial charge in [0.15, 0.2) is 18.2 Å². The third-order valence-electron chi connectivity index (χ3n) is 2.99. The lowest BCUT2D eigenvalue weighted by molar-refractivity contribution is -0.385. The summed E-state index contributed by atoms with van der Waals surface area (Å²) in [7, 11) is 0. The fraction of sp³-hybridized carbons (Fsp3) is 0.188. The molecule has 0 saturated carbocycles. The zero-order valence-corrected chi connectivity index (χ0v) is 13.7. The molecule has 2 aromatic carbocycles. The third kappa shape index (κ3) is 5.92. The number of hydrogen-bond donors (Lipinski definition) is 1. The van der Waals surface area contributed by atoms with Crippen molar-refractivity contribution in [2.75, 3.05) is 19.8 Å². The van der Waals surface area contributed by atoms with Crippen molar-refractivity contribution in [3.8, 4) is 11.5 Å². The first-order chi connectivity index (χ1) is 12.0. The molecule has 0 aromatic heterocycles. The summed E-state index contributed by atoms with van der Waals surface area (Å²) in [5.74, 6) is -1.01. The Morgan fingerprint density at radius 2 is 1.92 bits per heavy atom. The average molecular weight is 369 g/mol. The van der Waals surface area contributed by atoms with Crippen LogP contribution in [0.15, 0.2) is 42.5 Å². The van der Waals surface area contributed by atoms with Crippen LogP contribution in [0.1, 0.15) is 0 Å². The van der Waals surface area contributed by atoms with Crippen LogP contribution >= 0.6 is 11.6 Å². The van der Waals surface area contributed by atoms with Crippen LogP contribution in [-0.4, -0.2) is 30.6 Å². The highest BCUT2D eigenvalue weighted by Crippen LogP contribution is 2.22. The first-order valence-corrected chi connectivity index (χ1v) is 7.55. The van der Waals surface area contributed by atoms with Crippen molar-refractivity contribution >= 4 is 23.2 Å². The number of non-ortho nitro benzene ring substituents is 1. The molecule has 1 amide bonds. The van der Waals surface area contributed by atoms with E-state index in [1.807, 2.05) is 0 Å². The Hall–Kier alpha value is -2.87. The summed E-state index contributed by atoms with van der Waals surface area (Å²) in [6.07, 6.45) is 0. The molecule has 7 nitrogen and oxygen atoms in total. The maximum Gasteiger partial charge on any atom is 0.272 e. The smallest absolute Gasteiger partial charge is 0.272 e. The summed E-state index contributed by atoms with van der Waals surface area (Å²) in [6.45, 7) is 0.0442. The molecule has 25 heavy (non-hydrogen) atoms. The van der Waals surface area contributed by atoms with Gasteiger partial charge in [0, 0.05) is 11.1 Å². The van der Waals surface area contributed by atoms with Crippen molar-refractivity contribution in [1.29, 1.82) is 0 Å². The van der Waals surface area contributed by atoms with Crippen molar-refractivity contribution in [2.24, 2.45) is 0 Å². The monoisotopic (exact) mass is 368 g/mol. The molecular formula is C16H14ClFN2O5. The van der Waals surface area contributed by atoms with Gasteiger partial charge in [0.05, 0.1) is 17.5 Å². The van der Waals surface area contributed by atoms with Crippen molar-refractivity contribution < 1.29 is 23.6 Å². The highest BCUT2D eigenvalue weighted by Gasteiger charge is 2.12. The second-order valence-electron chi connectivity index (χ2n) is 4.81. The molecule has 0 bridgehead atoms. The molecule has 0 atom stereocenters. The van der Waals surface area contributed by atoms with Crippen molar-refractivity contribution in [3.63, 3.8) is 0 Å². The van der Waals surface area contributed by atoms with Crippen molar-refractivity contribution in [1.82, 2.24) is 5.32 Å². The number of halogens is 2. The van der Waals surface area contributed by atoms with Gasteiger partial charge in [-0.15, -0.1) is 0 Å². The predicted octanol–water partition coefficient (Wildman–Crippen LogP) is 2.96. The highest BCUT2D eigenvalue weighted by molar-refractivity contribution is 6.30. The Labute approximate surface area is 147 Å². The molecule has 0 aliphatic rings. The Morgan fingerprint density at radius 1 is 1.20 bits per heavy atom. The predicted molar refractivity (Wildman–Crippen MR) is 88.5 cm³/mol. The van der Waals surface area contributed by atoms with E-state index in [0.29, 0.717) is 10.8 Å². The van der Waals surface area contributed by atoms with Gasteiger partial charge < -0.3 is 14.8 Å². The molecule has 0 saturated heterocycles. The molecular weight excluding hydrogens is 355 g/mol. The van der Waals surface area contributed by atoms with Gasteiger partial charge in [0.1, 0.15) is 12.4 Å². The SMILES string of the molecule is O=C(COc1ccc([N+](=O)[O-])cc1F)NCCOc1ccc(Cl)cc1. The quantitative estimate of drug-likeness (QED) is 0.439. The maximum atomic E-state index is 13.6. The number of carbonyl (C=O) groups excluding carboxylic acids is 1. The number of nitro benzene ring substituents is 1. The summed E-state index contributed by atoms with van der Waals surface area (Å²) in [6, 6.07) is 9.69. The van der Waals surface area contributed by atoms with Crippen LogP contribution in [-0.2, 0) is 4.79 Å². The molecule has 0 aliphatic carbocycles. The Kier molecular flexibility index (Phi) is 6.53. The number of ether oxygens (including phenoxy) is 2. The van der Waals surface area contributed by atoms with Gasteiger partial charge in [-0.3, -0.25) is 14.9 Å². The summed E-state index contributed by atoms with van der Waals surface area (Å²) in [5.41, 5.74) is -0.395. The fourth-order valence-electron chi connectivity index (χ4n) is 1.80. The van der Waals surface area contributed by atoms with Gasteiger partial charge in [-0.25, -0.2) is 4.39 Å². The van der Waals surface area contributed by atoms with Crippen molar-refractivity contribution in [3.05, 3.63) is 63.4 Å². The minimum Gasteiger partial charge on any atom is -0.492 e. The van der Waals surface area contributed by atoms with Gasteiger partial charge >= 0.3 is 0 Å². The number of nitrogens with one attached hydrogen (secondary N) is 1. The molecule has 9 heteroatoms. The van der Waals surface area contributed by atoms with E-state index in [4.69, 9.17) is 21.1 Å². The number of carbonyl (C=O) groups is 1. The minimum atomic E-state index is -0.909. The van der Waals surface area contributed by atoms with Gasteiger partial charge in [0.25, 0.3) is 11.6 Å². The van der Waals surface area contributed by atoms with E-state index in [1.54, 1.807) is 24.3 Å². The lowest BCUT2D eigenvalue weighted by atomic mass is 10.3. The van der Waals surface area contributed by atoms with Crippen LogP contribution < -0.4 is 14.8 Å². The summed E-state index contributed by atoms with van der Waals surface area (Å²) in [4.78, 5) is 21.4. The van der Waals surface area contributed by atoms with Crippen LogP contribution in [0.3, 0.4) is 0 Å². The van der Waals surface area contributed by atoms with Gasteiger partial charge in [-0.1, -0.05) is 11.6 Å². The van der Waals surface area contributed by atoms with Crippen LogP contribution in [0.5, 0.6) is 11.5 Å². The summed E-state index contributed by atoms with van der Waals surface area (Å²) < 4.78 is 24.0. The first kappa shape index (κ1) is 18.5. The van der Waals surface area contributed by atoms with Crippen LogP contribution in [0, 0.1) is 15.9 Å². The van der Waals surface area contributed by atoms with E-state index < -0.39 is 28.9 Å². The van der Waals surface area contributed by atoms with E-state index in [0.717, 1.165) is 18.2 Å². The molecule has 132 valence electrons. The van der Waals surface area contributed by atoms with Crippen LogP contribution in [0.4, 0.5) is 10.1 Å². The molecule has 2 aromatic rings. The Bertz CT molecular complexity index is 755. The molecule has 0 heterocycles. The summed E-state index contributed by atoms with van der Waals surface area (Å²) in [5, 5.41) is 13.6. The van der Waals surface area contributed by atoms with E-state index >= 15 is 0 Å². The standard InChI is InChI=1S/C16H14ClFN2O5/c17-11-1-4-13(5-2-11)24-8-7-19-16(21)10-25-15-6-3-12(20(22)23)9-14(15)18/h1-6,9H,7-8,10H2,(H,19,21). The number of nitro groups is 1. The van der Waals surface area contributed by atoms with E-state index in [9.17, 15) is 19.3 Å². The largest absolute Gasteiger partial charge is 0.492 e. The van der Waals surface area contributed by atoms with Crippen LogP contribution in [0.25, 0.3) is 0 Å². The minimum absolute atomic E-state index is 0.230. The fourth-order valence-corrected chi connectivity index (χ4v) is 1.93. The number of rotatable bonds is 8. The Morgan fingerprint density at radius 3 is 2.56 bits per heavy atom. The number of benzene rings is 2. The number of nitrogens with zero attached hydrogens (tertiary/aromatic N) is 1. The Balaban J connectivity index is 1.70. The van der Waals surface area contributed by atoms with Gasteiger partial charge in [-0.05, 0) is 30.3 Å². The average Bonchev–Trinajstić information content (AvgIpc) is 2.59. The number of hydrogen-bond acceptors (Lipinski definition) is 5. The van der Waals surface area contributed by atoms with Crippen molar-refractivity contribution in [2.45, 2.75) is 0 Å². The van der Waals surface area contributed by atoms with Crippen LogP contribution in [0.2, 0.25) is 5.02 Å². The van der Waals surface area contributed by atoms with Gasteiger partial charge in [0.2, 0.25) is 0 Å². The highest BCUT2D eigenvalue weighted by atomic mass is 35.5. The zero-order valence-electron chi connectivity index (χ0n) is 12.9. The molecule has 2 rings (SSSR count). The summed E-state index contributed by atoms with van der Waals surface area (Å²) >= 11 is 5.75. The maximum absolute atomic E-state index is 13.6. The van der Waals surface area contributed by atoms with Gasteiger partial charge in [-0.2, -0.15) is 0 Å². The molecule has 0 radical (unpaired) electrons. The molecule has 0 unspecified atom stereocenters. The molecule has 0 aliphatic heterocycles. The molecule has 0 spiro atoms. The first-order valence-electron chi connectivity index (χ1n) is 7.17. The second kappa shape index (κ2) is 8.84.